The second-order valence-corrected chi connectivity index (χ2v) is 4.92. The van der Waals surface area contributed by atoms with Gasteiger partial charge in [-0.05, 0) is 67.8 Å². The Hall–Kier alpha value is -2.40. The van der Waals surface area contributed by atoms with E-state index in [1.54, 1.807) is 12.1 Å². The topological polar surface area (TPSA) is 80.2 Å². The number of nitrogens with two attached hydrogens (primary N) is 1. The predicted octanol–water partition coefficient (Wildman–Crippen LogP) is 4.23. The van der Waals surface area contributed by atoms with Gasteiger partial charge in [0, 0.05) is 12.3 Å². The van der Waals surface area contributed by atoms with Gasteiger partial charge in [-0.25, -0.2) is 0 Å². The van der Waals surface area contributed by atoms with Crippen LogP contribution in [0, 0.1) is 0 Å². The number of anilines is 1. The molecule has 0 heterocycles. The molecular formula is C17H21N3O2. The summed E-state index contributed by atoms with van der Waals surface area (Å²) in [5, 5.41) is 17.0. The molecule has 0 saturated heterocycles. The minimum atomic E-state index is 0.244. The lowest BCUT2D eigenvalue weighted by atomic mass is 10.2. The van der Waals surface area contributed by atoms with E-state index in [2.05, 4.69) is 10.2 Å². The van der Waals surface area contributed by atoms with Crippen molar-refractivity contribution in [1.82, 2.24) is 0 Å². The molecule has 22 heavy (non-hydrogen) atoms. The van der Waals surface area contributed by atoms with Crippen LogP contribution in [0.4, 0.5) is 17.1 Å². The van der Waals surface area contributed by atoms with Gasteiger partial charge in [0.25, 0.3) is 0 Å². The van der Waals surface area contributed by atoms with E-state index < -0.39 is 0 Å². The molecule has 0 fully saturated rings. The third kappa shape index (κ3) is 5.54. The lowest BCUT2D eigenvalue weighted by Crippen LogP contribution is -1.97. The molecule has 0 aromatic heterocycles. The normalized spacial score (nSPS) is 11.0. The van der Waals surface area contributed by atoms with Crippen molar-refractivity contribution < 1.29 is 9.84 Å². The Balaban J connectivity index is 1.82. The van der Waals surface area contributed by atoms with Crippen LogP contribution in [-0.2, 0) is 0 Å². The number of rotatable bonds is 8. The summed E-state index contributed by atoms with van der Waals surface area (Å²) in [7, 11) is 0. The second kappa shape index (κ2) is 8.79. The lowest BCUT2D eigenvalue weighted by Gasteiger charge is -2.05. The van der Waals surface area contributed by atoms with Crippen molar-refractivity contribution in [2.75, 3.05) is 18.9 Å². The van der Waals surface area contributed by atoms with Crippen molar-refractivity contribution in [2.45, 2.75) is 19.3 Å². The highest BCUT2D eigenvalue weighted by Gasteiger charge is 1.96. The Morgan fingerprint density at radius 3 is 2.00 bits per heavy atom. The van der Waals surface area contributed by atoms with E-state index in [-0.39, 0.29) is 6.61 Å². The molecule has 0 aliphatic rings. The van der Waals surface area contributed by atoms with E-state index in [9.17, 15) is 0 Å². The quantitative estimate of drug-likeness (QED) is 0.435. The first-order valence-electron chi connectivity index (χ1n) is 7.39. The summed E-state index contributed by atoms with van der Waals surface area (Å²) in [6.07, 6.45) is 2.75. The summed E-state index contributed by atoms with van der Waals surface area (Å²) in [5.74, 6) is 0.815. The zero-order valence-corrected chi connectivity index (χ0v) is 12.5. The van der Waals surface area contributed by atoms with Crippen LogP contribution >= 0.6 is 0 Å². The molecule has 0 radical (unpaired) electrons. The average Bonchev–Trinajstić information content (AvgIpc) is 2.55. The van der Waals surface area contributed by atoms with E-state index in [1.807, 2.05) is 36.4 Å². The number of azo groups is 1. The van der Waals surface area contributed by atoms with E-state index in [0.29, 0.717) is 12.3 Å². The maximum Gasteiger partial charge on any atom is 0.119 e. The number of hydrogen-bond donors (Lipinski definition) is 2. The predicted molar refractivity (Wildman–Crippen MR) is 87.9 cm³/mol. The van der Waals surface area contributed by atoms with Crippen LogP contribution in [0.1, 0.15) is 19.3 Å². The van der Waals surface area contributed by atoms with Gasteiger partial charge in [-0.2, -0.15) is 10.2 Å². The van der Waals surface area contributed by atoms with Crippen molar-refractivity contribution in [3.05, 3.63) is 48.5 Å². The van der Waals surface area contributed by atoms with Crippen LogP contribution in [0.2, 0.25) is 0 Å². The van der Waals surface area contributed by atoms with Crippen LogP contribution in [0.5, 0.6) is 5.75 Å². The van der Waals surface area contributed by atoms with Gasteiger partial charge in [0.05, 0.1) is 18.0 Å². The first kappa shape index (κ1) is 16.0. The number of ether oxygens (including phenoxy) is 1. The zero-order valence-electron chi connectivity index (χ0n) is 12.5. The molecule has 0 aliphatic carbocycles. The number of unbranched alkanes of at least 4 members (excludes halogenated alkanes) is 2. The zero-order chi connectivity index (χ0) is 15.6. The van der Waals surface area contributed by atoms with E-state index in [0.717, 1.165) is 36.4 Å². The molecule has 0 aliphatic heterocycles. The monoisotopic (exact) mass is 299 g/mol. The third-order valence-corrected chi connectivity index (χ3v) is 3.08. The van der Waals surface area contributed by atoms with Gasteiger partial charge in [0.1, 0.15) is 5.75 Å². The first-order chi connectivity index (χ1) is 10.8. The molecular weight excluding hydrogens is 278 g/mol. The van der Waals surface area contributed by atoms with Gasteiger partial charge in [0.15, 0.2) is 0 Å². The van der Waals surface area contributed by atoms with Gasteiger partial charge < -0.3 is 15.6 Å². The van der Waals surface area contributed by atoms with Crippen LogP contribution in [0.15, 0.2) is 58.8 Å². The van der Waals surface area contributed by atoms with Crippen LogP contribution in [-0.4, -0.2) is 18.3 Å². The molecule has 116 valence electrons. The van der Waals surface area contributed by atoms with Crippen molar-refractivity contribution in [1.29, 1.82) is 0 Å². The maximum atomic E-state index is 8.69. The Labute approximate surface area is 130 Å². The average molecular weight is 299 g/mol. The molecule has 0 amide bonds. The Kier molecular flexibility index (Phi) is 6.39. The molecule has 0 atom stereocenters. The van der Waals surface area contributed by atoms with Gasteiger partial charge in [-0.15, -0.1) is 0 Å². The van der Waals surface area contributed by atoms with Crippen LogP contribution < -0.4 is 10.5 Å². The highest BCUT2D eigenvalue weighted by Crippen LogP contribution is 2.22. The van der Waals surface area contributed by atoms with Crippen molar-refractivity contribution in [3.63, 3.8) is 0 Å². The Morgan fingerprint density at radius 1 is 0.818 bits per heavy atom. The Bertz CT molecular complexity index is 580. The van der Waals surface area contributed by atoms with Crippen molar-refractivity contribution in [3.8, 4) is 5.75 Å². The molecule has 2 aromatic rings. The van der Waals surface area contributed by atoms with E-state index >= 15 is 0 Å². The maximum absolute atomic E-state index is 8.69. The molecule has 5 heteroatoms. The molecule has 2 aromatic carbocycles. The van der Waals surface area contributed by atoms with Crippen molar-refractivity contribution >= 4 is 17.1 Å². The fraction of sp³-hybridized carbons (Fsp3) is 0.294. The largest absolute Gasteiger partial charge is 0.494 e. The molecule has 5 nitrogen and oxygen atoms in total. The van der Waals surface area contributed by atoms with E-state index in [1.165, 1.54) is 0 Å². The molecule has 3 N–H and O–H groups in total. The van der Waals surface area contributed by atoms with Gasteiger partial charge in [-0.3, -0.25) is 0 Å². The SMILES string of the molecule is Nc1ccc(N=Nc2ccc(OCCCCCO)cc2)cc1. The highest BCUT2D eigenvalue weighted by atomic mass is 16.5. The molecule has 0 bridgehead atoms. The van der Waals surface area contributed by atoms with Gasteiger partial charge in [0.2, 0.25) is 0 Å². The van der Waals surface area contributed by atoms with Crippen molar-refractivity contribution in [2.24, 2.45) is 10.2 Å². The Morgan fingerprint density at radius 2 is 1.41 bits per heavy atom. The number of nitrogen functional groups attached to an aromatic ring is 1. The number of benzene rings is 2. The smallest absolute Gasteiger partial charge is 0.119 e. The van der Waals surface area contributed by atoms with E-state index in [4.69, 9.17) is 15.6 Å². The molecule has 0 saturated carbocycles. The summed E-state index contributed by atoms with van der Waals surface area (Å²) >= 11 is 0. The summed E-state index contributed by atoms with van der Waals surface area (Å²) in [6.45, 7) is 0.903. The summed E-state index contributed by atoms with van der Waals surface area (Å²) < 4.78 is 5.62. The first-order valence-corrected chi connectivity index (χ1v) is 7.39. The standard InChI is InChI=1S/C17H21N3O2/c18-14-4-6-15(7-5-14)19-20-16-8-10-17(11-9-16)22-13-3-1-2-12-21/h4-11,21H,1-3,12-13,18H2. The number of aliphatic hydroxyl groups is 1. The molecule has 0 unspecified atom stereocenters. The highest BCUT2D eigenvalue weighted by molar-refractivity contribution is 5.48. The lowest BCUT2D eigenvalue weighted by molar-refractivity contribution is 0.266. The third-order valence-electron chi connectivity index (χ3n) is 3.08. The second-order valence-electron chi connectivity index (χ2n) is 4.92. The number of nitrogens with zero attached hydrogens (tertiary/aromatic N) is 2. The molecule has 0 spiro atoms. The summed E-state index contributed by atoms with van der Waals surface area (Å²) in [6, 6.07) is 14.7. The summed E-state index contributed by atoms with van der Waals surface area (Å²) in [5.41, 5.74) is 7.86. The molecule has 2 rings (SSSR count). The minimum absolute atomic E-state index is 0.244. The fourth-order valence-corrected chi connectivity index (χ4v) is 1.85. The minimum Gasteiger partial charge on any atom is -0.494 e. The number of hydrogen-bond acceptors (Lipinski definition) is 5. The summed E-state index contributed by atoms with van der Waals surface area (Å²) in [4.78, 5) is 0. The van der Waals surface area contributed by atoms with Crippen LogP contribution in [0.25, 0.3) is 0 Å². The van der Waals surface area contributed by atoms with Gasteiger partial charge in [-0.1, -0.05) is 0 Å². The fourth-order valence-electron chi connectivity index (χ4n) is 1.85. The number of aliphatic hydroxyl groups excluding tert-OH is 1. The van der Waals surface area contributed by atoms with Crippen LogP contribution in [0.3, 0.4) is 0 Å². The van der Waals surface area contributed by atoms with Gasteiger partial charge >= 0.3 is 0 Å².